The Balaban J connectivity index is 2.02. The molecule has 0 saturated heterocycles. The lowest BCUT2D eigenvalue weighted by atomic mass is 10.1. The van der Waals surface area contributed by atoms with Crippen LogP contribution in [0.3, 0.4) is 0 Å². The monoisotopic (exact) mass is 281 g/mol. The highest BCUT2D eigenvalue weighted by Crippen LogP contribution is 2.29. The van der Waals surface area contributed by atoms with Crippen molar-refractivity contribution >= 4 is 11.6 Å². The largest absolute Gasteiger partial charge is 0.481 e. The Labute approximate surface area is 125 Å². The SMILES string of the molecule is CCc1cccc(N2Cc3ccccc3OC(C)C2=O)c1. The second kappa shape index (κ2) is 5.60. The van der Waals surface area contributed by atoms with Crippen molar-refractivity contribution in [3.8, 4) is 5.75 Å². The molecule has 0 fully saturated rings. The van der Waals surface area contributed by atoms with Gasteiger partial charge < -0.3 is 9.64 Å². The maximum absolute atomic E-state index is 12.6. The van der Waals surface area contributed by atoms with Crippen LogP contribution in [0.4, 0.5) is 5.69 Å². The fourth-order valence-electron chi connectivity index (χ4n) is 2.62. The van der Waals surface area contributed by atoms with Crippen LogP contribution in [0.15, 0.2) is 48.5 Å². The summed E-state index contributed by atoms with van der Waals surface area (Å²) < 4.78 is 5.79. The van der Waals surface area contributed by atoms with Gasteiger partial charge in [-0.25, -0.2) is 0 Å². The van der Waals surface area contributed by atoms with Crippen molar-refractivity contribution < 1.29 is 9.53 Å². The van der Waals surface area contributed by atoms with Gasteiger partial charge in [-0.05, 0) is 37.1 Å². The first-order valence-electron chi connectivity index (χ1n) is 7.34. The van der Waals surface area contributed by atoms with E-state index in [4.69, 9.17) is 4.74 Å². The lowest BCUT2D eigenvalue weighted by Gasteiger charge is -2.22. The predicted octanol–water partition coefficient (Wildman–Crippen LogP) is 3.56. The molecule has 0 aromatic heterocycles. The number of carbonyl (C=O) groups is 1. The zero-order valence-electron chi connectivity index (χ0n) is 12.4. The van der Waals surface area contributed by atoms with E-state index in [1.54, 1.807) is 6.92 Å². The fourth-order valence-corrected chi connectivity index (χ4v) is 2.62. The third-order valence-electron chi connectivity index (χ3n) is 3.85. The van der Waals surface area contributed by atoms with Crippen molar-refractivity contribution in [3.63, 3.8) is 0 Å². The number of carbonyl (C=O) groups excluding carboxylic acids is 1. The van der Waals surface area contributed by atoms with E-state index in [0.29, 0.717) is 6.54 Å². The van der Waals surface area contributed by atoms with Crippen molar-refractivity contribution in [3.05, 3.63) is 59.7 Å². The summed E-state index contributed by atoms with van der Waals surface area (Å²) in [6.07, 6.45) is 0.484. The van der Waals surface area contributed by atoms with Crippen LogP contribution in [0.1, 0.15) is 25.0 Å². The van der Waals surface area contributed by atoms with E-state index >= 15 is 0 Å². The summed E-state index contributed by atoms with van der Waals surface area (Å²) in [4.78, 5) is 14.4. The zero-order chi connectivity index (χ0) is 14.8. The molecule has 0 aliphatic carbocycles. The van der Waals surface area contributed by atoms with Gasteiger partial charge >= 0.3 is 0 Å². The third kappa shape index (κ3) is 2.64. The molecule has 3 nitrogen and oxygen atoms in total. The van der Waals surface area contributed by atoms with E-state index < -0.39 is 6.10 Å². The summed E-state index contributed by atoms with van der Waals surface area (Å²) in [6, 6.07) is 16.0. The molecule has 21 heavy (non-hydrogen) atoms. The van der Waals surface area contributed by atoms with Gasteiger partial charge in [0.15, 0.2) is 6.10 Å². The Hall–Kier alpha value is -2.29. The number of hydrogen-bond donors (Lipinski definition) is 0. The molecule has 3 rings (SSSR count). The topological polar surface area (TPSA) is 29.5 Å². The Bertz CT molecular complexity index is 666. The number of nitrogens with zero attached hydrogens (tertiary/aromatic N) is 1. The van der Waals surface area contributed by atoms with Crippen LogP contribution in [0.2, 0.25) is 0 Å². The summed E-state index contributed by atoms with van der Waals surface area (Å²) >= 11 is 0. The number of para-hydroxylation sites is 1. The number of fused-ring (bicyclic) bond motifs is 1. The molecule has 0 saturated carbocycles. The van der Waals surface area contributed by atoms with Crippen molar-refractivity contribution in [1.29, 1.82) is 0 Å². The number of rotatable bonds is 2. The van der Waals surface area contributed by atoms with Crippen LogP contribution in [0.5, 0.6) is 5.75 Å². The number of amides is 1. The first kappa shape index (κ1) is 13.7. The van der Waals surface area contributed by atoms with E-state index in [9.17, 15) is 4.79 Å². The summed E-state index contributed by atoms with van der Waals surface area (Å²) in [5.74, 6) is 0.798. The molecular weight excluding hydrogens is 262 g/mol. The van der Waals surface area contributed by atoms with Crippen molar-refractivity contribution in [2.75, 3.05) is 4.90 Å². The molecule has 0 N–H and O–H groups in total. The minimum atomic E-state index is -0.473. The Morgan fingerprint density at radius 3 is 2.81 bits per heavy atom. The number of hydrogen-bond acceptors (Lipinski definition) is 2. The lowest BCUT2D eigenvalue weighted by Crippen LogP contribution is -2.38. The molecule has 1 aliphatic heterocycles. The molecule has 1 heterocycles. The third-order valence-corrected chi connectivity index (χ3v) is 3.85. The van der Waals surface area contributed by atoms with E-state index in [-0.39, 0.29) is 5.91 Å². The fraction of sp³-hybridized carbons (Fsp3) is 0.278. The molecule has 1 aliphatic rings. The molecule has 108 valence electrons. The predicted molar refractivity (Wildman–Crippen MR) is 83.5 cm³/mol. The summed E-state index contributed by atoms with van der Waals surface area (Å²) in [5, 5.41) is 0. The van der Waals surface area contributed by atoms with Gasteiger partial charge in [0, 0.05) is 11.3 Å². The smallest absolute Gasteiger partial charge is 0.268 e. The second-order valence-electron chi connectivity index (χ2n) is 5.32. The molecular formula is C18H19NO2. The number of benzene rings is 2. The minimum absolute atomic E-state index is 0.000506. The molecule has 2 aromatic carbocycles. The lowest BCUT2D eigenvalue weighted by molar-refractivity contribution is -0.124. The van der Waals surface area contributed by atoms with Gasteiger partial charge in [0.25, 0.3) is 5.91 Å². The minimum Gasteiger partial charge on any atom is -0.481 e. The Kier molecular flexibility index (Phi) is 3.65. The van der Waals surface area contributed by atoms with Gasteiger partial charge in [0.2, 0.25) is 0 Å². The molecule has 1 unspecified atom stereocenters. The summed E-state index contributed by atoms with van der Waals surface area (Å²) in [6.45, 7) is 4.47. The summed E-state index contributed by atoms with van der Waals surface area (Å²) in [5.41, 5.74) is 3.20. The highest BCUT2D eigenvalue weighted by atomic mass is 16.5. The molecule has 0 spiro atoms. The van der Waals surface area contributed by atoms with Gasteiger partial charge in [-0.15, -0.1) is 0 Å². The van der Waals surface area contributed by atoms with Crippen LogP contribution >= 0.6 is 0 Å². The first-order chi connectivity index (χ1) is 10.2. The van der Waals surface area contributed by atoms with Crippen LogP contribution in [0.25, 0.3) is 0 Å². The Morgan fingerprint density at radius 1 is 1.19 bits per heavy atom. The standard InChI is InChI=1S/C18H19NO2/c1-3-14-7-6-9-16(11-14)19-12-15-8-4-5-10-17(15)21-13(2)18(19)20/h4-11,13H,3,12H2,1-2H3. The van der Waals surface area contributed by atoms with Crippen molar-refractivity contribution in [2.24, 2.45) is 0 Å². The molecule has 1 atom stereocenters. The van der Waals surface area contributed by atoms with E-state index in [2.05, 4.69) is 19.1 Å². The van der Waals surface area contributed by atoms with Crippen molar-refractivity contribution in [1.82, 2.24) is 0 Å². The molecule has 0 bridgehead atoms. The zero-order valence-corrected chi connectivity index (χ0v) is 12.4. The molecule has 2 aromatic rings. The van der Waals surface area contributed by atoms with Crippen molar-refractivity contribution in [2.45, 2.75) is 32.9 Å². The van der Waals surface area contributed by atoms with E-state index in [1.165, 1.54) is 5.56 Å². The van der Waals surface area contributed by atoms with Gasteiger partial charge in [0.05, 0.1) is 6.54 Å². The first-order valence-corrected chi connectivity index (χ1v) is 7.34. The van der Waals surface area contributed by atoms with Gasteiger partial charge in [-0.3, -0.25) is 4.79 Å². The number of ether oxygens (including phenoxy) is 1. The maximum Gasteiger partial charge on any atom is 0.268 e. The van der Waals surface area contributed by atoms with Gasteiger partial charge in [-0.1, -0.05) is 37.3 Å². The number of anilines is 1. The van der Waals surface area contributed by atoms with Crippen LogP contribution in [-0.2, 0) is 17.8 Å². The normalized spacial score (nSPS) is 17.9. The second-order valence-corrected chi connectivity index (χ2v) is 5.32. The Morgan fingerprint density at radius 2 is 2.00 bits per heavy atom. The summed E-state index contributed by atoms with van der Waals surface area (Å²) in [7, 11) is 0. The molecule has 0 radical (unpaired) electrons. The van der Waals surface area contributed by atoms with Crippen LogP contribution in [-0.4, -0.2) is 12.0 Å². The van der Waals surface area contributed by atoms with E-state index in [1.807, 2.05) is 41.3 Å². The highest BCUT2D eigenvalue weighted by molar-refractivity contribution is 5.97. The van der Waals surface area contributed by atoms with Crippen LogP contribution in [0, 0.1) is 0 Å². The average molecular weight is 281 g/mol. The molecule has 3 heteroatoms. The highest BCUT2D eigenvalue weighted by Gasteiger charge is 2.28. The maximum atomic E-state index is 12.6. The number of aryl methyl sites for hydroxylation is 1. The molecule has 1 amide bonds. The quantitative estimate of drug-likeness (QED) is 0.842. The van der Waals surface area contributed by atoms with E-state index in [0.717, 1.165) is 23.4 Å². The van der Waals surface area contributed by atoms with Crippen LogP contribution < -0.4 is 9.64 Å². The van der Waals surface area contributed by atoms with Gasteiger partial charge in [-0.2, -0.15) is 0 Å². The average Bonchev–Trinajstić information content (AvgIpc) is 2.65. The van der Waals surface area contributed by atoms with Gasteiger partial charge in [0.1, 0.15) is 5.75 Å².